The van der Waals surface area contributed by atoms with Crippen molar-refractivity contribution in [1.82, 2.24) is 5.32 Å². The van der Waals surface area contributed by atoms with E-state index in [0.29, 0.717) is 0 Å². The third-order valence-corrected chi connectivity index (χ3v) is 1.88. The van der Waals surface area contributed by atoms with Gasteiger partial charge in [0.25, 0.3) is 0 Å². The van der Waals surface area contributed by atoms with Gasteiger partial charge in [0.15, 0.2) is 5.78 Å². The molecule has 72 valence electrons. The van der Waals surface area contributed by atoms with Crippen molar-refractivity contribution < 1.29 is 4.79 Å². The molecule has 3 nitrogen and oxygen atoms in total. The second-order valence-electron chi connectivity index (χ2n) is 3.41. The Hall–Kier alpha value is -0.410. The van der Waals surface area contributed by atoms with Crippen LogP contribution in [0.2, 0.25) is 0 Å². The van der Waals surface area contributed by atoms with Gasteiger partial charge in [-0.15, -0.1) is 0 Å². The molecule has 0 amide bonds. The first-order chi connectivity index (χ1) is 5.59. The van der Waals surface area contributed by atoms with Crippen molar-refractivity contribution in [3.05, 3.63) is 0 Å². The second-order valence-corrected chi connectivity index (χ2v) is 3.41. The number of carbonyl (C=O) groups is 1. The minimum atomic E-state index is -0.265. The Morgan fingerprint density at radius 3 is 2.50 bits per heavy atom. The largest absolute Gasteiger partial charge is 0.321 e. The third-order valence-electron chi connectivity index (χ3n) is 1.88. The SMILES string of the molecule is CNCCC[C@@H](N)C(=O)C(C)C. The van der Waals surface area contributed by atoms with Gasteiger partial charge in [0.2, 0.25) is 0 Å². The lowest BCUT2D eigenvalue weighted by atomic mass is 9.99. The van der Waals surface area contributed by atoms with Crippen molar-refractivity contribution in [3.63, 3.8) is 0 Å². The van der Waals surface area contributed by atoms with Crippen molar-refractivity contribution in [1.29, 1.82) is 0 Å². The Morgan fingerprint density at radius 1 is 1.50 bits per heavy atom. The molecule has 0 aliphatic heterocycles. The van der Waals surface area contributed by atoms with E-state index in [0.717, 1.165) is 19.4 Å². The van der Waals surface area contributed by atoms with E-state index in [-0.39, 0.29) is 17.7 Å². The molecule has 0 spiro atoms. The molecular weight excluding hydrogens is 152 g/mol. The van der Waals surface area contributed by atoms with E-state index in [1.807, 2.05) is 20.9 Å². The number of nitrogens with two attached hydrogens (primary N) is 1. The van der Waals surface area contributed by atoms with Crippen LogP contribution in [0.15, 0.2) is 0 Å². The van der Waals surface area contributed by atoms with Crippen molar-refractivity contribution in [2.75, 3.05) is 13.6 Å². The van der Waals surface area contributed by atoms with Crippen LogP contribution in [0.1, 0.15) is 26.7 Å². The molecule has 0 bridgehead atoms. The van der Waals surface area contributed by atoms with E-state index in [2.05, 4.69) is 5.32 Å². The highest BCUT2D eigenvalue weighted by atomic mass is 16.1. The monoisotopic (exact) mass is 172 g/mol. The molecule has 0 heterocycles. The van der Waals surface area contributed by atoms with Crippen LogP contribution >= 0.6 is 0 Å². The van der Waals surface area contributed by atoms with Crippen LogP contribution in [0.3, 0.4) is 0 Å². The molecule has 0 aliphatic rings. The van der Waals surface area contributed by atoms with Gasteiger partial charge in [-0.3, -0.25) is 4.79 Å². The third kappa shape index (κ3) is 4.46. The van der Waals surface area contributed by atoms with Gasteiger partial charge in [-0.2, -0.15) is 0 Å². The second kappa shape index (κ2) is 6.14. The van der Waals surface area contributed by atoms with E-state index in [1.165, 1.54) is 0 Å². The first-order valence-electron chi connectivity index (χ1n) is 4.53. The minimum Gasteiger partial charge on any atom is -0.321 e. The average molecular weight is 172 g/mol. The Balaban J connectivity index is 3.57. The predicted octanol–water partition coefficient (Wildman–Crippen LogP) is 0.538. The molecule has 0 aromatic heterocycles. The highest BCUT2D eigenvalue weighted by Gasteiger charge is 2.15. The zero-order valence-electron chi connectivity index (χ0n) is 8.26. The van der Waals surface area contributed by atoms with Gasteiger partial charge in [0.05, 0.1) is 6.04 Å². The van der Waals surface area contributed by atoms with E-state index < -0.39 is 0 Å². The number of Topliss-reactive ketones (excluding diaryl/α,β-unsaturated/α-hetero) is 1. The predicted molar refractivity (Wildman–Crippen MR) is 51.0 cm³/mol. The number of ketones is 1. The van der Waals surface area contributed by atoms with E-state index in [4.69, 9.17) is 5.73 Å². The lowest BCUT2D eigenvalue weighted by Gasteiger charge is -2.12. The summed E-state index contributed by atoms with van der Waals surface area (Å²) in [4.78, 5) is 11.3. The summed E-state index contributed by atoms with van der Waals surface area (Å²) < 4.78 is 0. The molecule has 1 atom stereocenters. The Morgan fingerprint density at radius 2 is 2.08 bits per heavy atom. The first-order valence-corrected chi connectivity index (χ1v) is 4.53. The summed E-state index contributed by atoms with van der Waals surface area (Å²) in [5.74, 6) is 0.237. The summed E-state index contributed by atoms with van der Waals surface area (Å²) in [6.07, 6.45) is 1.76. The first kappa shape index (κ1) is 11.6. The maximum absolute atomic E-state index is 11.3. The van der Waals surface area contributed by atoms with Crippen molar-refractivity contribution >= 4 is 5.78 Å². The quantitative estimate of drug-likeness (QED) is 0.575. The maximum atomic E-state index is 11.3. The van der Waals surface area contributed by atoms with Crippen LogP contribution < -0.4 is 11.1 Å². The molecule has 3 N–H and O–H groups in total. The fourth-order valence-corrected chi connectivity index (χ4v) is 1.07. The van der Waals surface area contributed by atoms with Gasteiger partial charge in [0.1, 0.15) is 0 Å². The lowest BCUT2D eigenvalue weighted by molar-refractivity contribution is -0.123. The van der Waals surface area contributed by atoms with Crippen LogP contribution in [-0.4, -0.2) is 25.4 Å². The molecule has 0 radical (unpaired) electrons. The number of hydrogen-bond donors (Lipinski definition) is 2. The summed E-state index contributed by atoms with van der Waals surface area (Å²) in [6, 6.07) is -0.265. The lowest BCUT2D eigenvalue weighted by Crippen LogP contribution is -2.34. The highest BCUT2D eigenvalue weighted by molar-refractivity contribution is 5.85. The maximum Gasteiger partial charge on any atom is 0.152 e. The van der Waals surface area contributed by atoms with Crippen molar-refractivity contribution in [2.45, 2.75) is 32.7 Å². The number of nitrogens with one attached hydrogen (secondary N) is 1. The molecular formula is C9H20N2O. The number of hydrogen-bond acceptors (Lipinski definition) is 3. The zero-order valence-corrected chi connectivity index (χ0v) is 8.26. The van der Waals surface area contributed by atoms with Crippen LogP contribution in [0, 0.1) is 5.92 Å². The van der Waals surface area contributed by atoms with Gasteiger partial charge in [-0.1, -0.05) is 13.8 Å². The Bertz CT molecular complexity index is 134. The molecule has 0 aromatic rings. The molecule has 0 unspecified atom stereocenters. The van der Waals surface area contributed by atoms with E-state index >= 15 is 0 Å². The fourth-order valence-electron chi connectivity index (χ4n) is 1.07. The van der Waals surface area contributed by atoms with Gasteiger partial charge < -0.3 is 11.1 Å². The summed E-state index contributed by atoms with van der Waals surface area (Å²) >= 11 is 0. The normalized spacial score (nSPS) is 13.4. The summed E-state index contributed by atoms with van der Waals surface area (Å²) in [5.41, 5.74) is 5.68. The molecule has 0 aromatic carbocycles. The minimum absolute atomic E-state index is 0.0644. The Kier molecular flexibility index (Phi) is 5.93. The molecule has 3 heteroatoms. The van der Waals surface area contributed by atoms with E-state index in [1.54, 1.807) is 0 Å². The van der Waals surface area contributed by atoms with Crippen LogP contribution in [0.5, 0.6) is 0 Å². The molecule has 0 aliphatic carbocycles. The Labute approximate surface area is 74.7 Å². The molecule has 12 heavy (non-hydrogen) atoms. The van der Waals surface area contributed by atoms with Crippen LogP contribution in [-0.2, 0) is 4.79 Å². The van der Waals surface area contributed by atoms with E-state index in [9.17, 15) is 4.79 Å². The summed E-state index contributed by atoms with van der Waals surface area (Å²) in [6.45, 7) is 4.71. The molecule has 0 saturated carbocycles. The number of rotatable bonds is 6. The molecule has 0 rings (SSSR count). The standard InChI is InChI=1S/C9H20N2O/c1-7(2)9(12)8(10)5-4-6-11-3/h7-8,11H,4-6,10H2,1-3H3/t8-/m1/s1. The summed E-state index contributed by atoms with van der Waals surface area (Å²) in [5, 5.41) is 3.02. The van der Waals surface area contributed by atoms with Crippen molar-refractivity contribution in [2.24, 2.45) is 11.7 Å². The smallest absolute Gasteiger partial charge is 0.152 e. The van der Waals surface area contributed by atoms with Gasteiger partial charge in [-0.05, 0) is 26.4 Å². The fraction of sp³-hybridized carbons (Fsp3) is 0.889. The topological polar surface area (TPSA) is 55.1 Å². The van der Waals surface area contributed by atoms with Crippen molar-refractivity contribution in [3.8, 4) is 0 Å². The molecule has 0 fully saturated rings. The van der Waals surface area contributed by atoms with Gasteiger partial charge in [-0.25, -0.2) is 0 Å². The van der Waals surface area contributed by atoms with Crippen LogP contribution in [0.25, 0.3) is 0 Å². The summed E-state index contributed by atoms with van der Waals surface area (Å²) in [7, 11) is 1.90. The van der Waals surface area contributed by atoms with Crippen LogP contribution in [0.4, 0.5) is 0 Å². The zero-order chi connectivity index (χ0) is 9.56. The van der Waals surface area contributed by atoms with Gasteiger partial charge >= 0.3 is 0 Å². The highest BCUT2D eigenvalue weighted by Crippen LogP contribution is 2.02. The average Bonchev–Trinajstić information content (AvgIpc) is 2.03. The number of carbonyl (C=O) groups excluding carboxylic acids is 1. The molecule has 0 saturated heterocycles. The van der Waals surface area contributed by atoms with Gasteiger partial charge in [0, 0.05) is 5.92 Å².